The Morgan fingerprint density at radius 2 is 2.09 bits per heavy atom. The van der Waals surface area contributed by atoms with Crippen LogP contribution in [0.2, 0.25) is 0 Å². The minimum atomic E-state index is -0.707. The van der Waals surface area contributed by atoms with Gasteiger partial charge in [-0.1, -0.05) is 48.4 Å². The molecule has 0 saturated carbocycles. The number of hydrogen-bond donors (Lipinski definition) is 2. The van der Waals surface area contributed by atoms with Gasteiger partial charge in [-0.15, -0.1) is 6.42 Å². The van der Waals surface area contributed by atoms with Gasteiger partial charge >= 0.3 is 0 Å². The van der Waals surface area contributed by atoms with Crippen molar-refractivity contribution in [2.45, 2.75) is 31.8 Å². The lowest BCUT2D eigenvalue weighted by atomic mass is 10.0. The fourth-order valence-corrected chi connectivity index (χ4v) is 2.13. The molecule has 0 heterocycles. The summed E-state index contributed by atoms with van der Waals surface area (Å²) < 4.78 is 0. The van der Waals surface area contributed by atoms with Crippen LogP contribution >= 0.6 is 0 Å². The van der Waals surface area contributed by atoms with Crippen LogP contribution in [0.25, 0.3) is 0 Å². The van der Waals surface area contributed by atoms with Gasteiger partial charge in [-0.25, -0.2) is 0 Å². The number of terminal acetylenes is 1. The van der Waals surface area contributed by atoms with Crippen LogP contribution in [0.5, 0.6) is 0 Å². The monoisotopic (exact) mass is 310 g/mol. The maximum atomic E-state index is 12.1. The molecule has 0 aliphatic carbocycles. The Bertz CT molecular complexity index is 612. The topological polar surface area (TPSA) is 72.2 Å². The smallest absolute Gasteiger partial charge is 0.237 e. The zero-order chi connectivity index (χ0) is 17.1. The molecule has 0 spiro atoms. The predicted octanol–water partition coefficient (Wildman–Crippen LogP) is 1.77. The summed E-state index contributed by atoms with van der Waals surface area (Å²) in [5.41, 5.74) is 7.68. The second-order valence-electron chi connectivity index (χ2n) is 5.14. The summed E-state index contributed by atoms with van der Waals surface area (Å²) in [5.74, 6) is 2.07. The average Bonchev–Trinajstić information content (AvgIpc) is 2.55. The number of nitrogens with two attached hydrogens (primary N) is 1. The molecule has 0 aromatic heterocycles. The van der Waals surface area contributed by atoms with Crippen LogP contribution < -0.4 is 11.1 Å². The van der Waals surface area contributed by atoms with Crippen molar-refractivity contribution in [3.63, 3.8) is 0 Å². The normalized spacial score (nSPS) is 14.0. The molecule has 1 aromatic carbocycles. The van der Waals surface area contributed by atoms with Crippen molar-refractivity contribution in [3.05, 3.63) is 59.7 Å². The quantitative estimate of drug-likeness (QED) is 0.437. The number of hydrogen-bond acceptors (Lipinski definition) is 3. The van der Waals surface area contributed by atoms with Crippen LogP contribution in [-0.4, -0.2) is 24.3 Å². The second-order valence-corrected chi connectivity index (χ2v) is 5.14. The van der Waals surface area contributed by atoms with E-state index in [2.05, 4.69) is 11.2 Å². The van der Waals surface area contributed by atoms with Crippen LogP contribution in [0.3, 0.4) is 0 Å². The van der Waals surface area contributed by atoms with Crippen LogP contribution in [0.15, 0.2) is 54.1 Å². The lowest BCUT2D eigenvalue weighted by Gasteiger charge is -2.17. The van der Waals surface area contributed by atoms with Crippen molar-refractivity contribution >= 4 is 12.2 Å². The number of carbonyl (C=O) groups excluding carboxylic acids is 2. The summed E-state index contributed by atoms with van der Waals surface area (Å²) in [7, 11) is 0. The molecule has 0 aliphatic heterocycles. The maximum absolute atomic E-state index is 12.1. The molecule has 120 valence electrons. The second kappa shape index (κ2) is 10.1. The van der Waals surface area contributed by atoms with Gasteiger partial charge in [0.25, 0.3) is 0 Å². The predicted molar refractivity (Wildman–Crippen MR) is 92.5 cm³/mol. The van der Waals surface area contributed by atoms with Crippen molar-refractivity contribution in [3.8, 4) is 12.3 Å². The first-order valence-electron chi connectivity index (χ1n) is 7.43. The van der Waals surface area contributed by atoms with Crippen LogP contribution in [0.4, 0.5) is 0 Å². The minimum absolute atomic E-state index is 0.335. The van der Waals surface area contributed by atoms with Gasteiger partial charge in [0.05, 0.1) is 12.1 Å². The maximum Gasteiger partial charge on any atom is 0.237 e. The molecule has 0 aliphatic rings. The van der Waals surface area contributed by atoms with Crippen LogP contribution in [0.1, 0.15) is 18.9 Å². The number of aldehydes is 1. The van der Waals surface area contributed by atoms with Gasteiger partial charge in [0.15, 0.2) is 0 Å². The summed E-state index contributed by atoms with van der Waals surface area (Å²) in [5, 5.41) is 2.66. The van der Waals surface area contributed by atoms with Crippen molar-refractivity contribution in [1.82, 2.24) is 5.32 Å². The Morgan fingerprint density at radius 1 is 1.39 bits per heavy atom. The fourth-order valence-electron chi connectivity index (χ4n) is 2.13. The van der Waals surface area contributed by atoms with E-state index in [4.69, 9.17) is 12.2 Å². The van der Waals surface area contributed by atoms with Gasteiger partial charge in [0.2, 0.25) is 5.91 Å². The van der Waals surface area contributed by atoms with E-state index in [1.807, 2.05) is 49.4 Å². The summed E-state index contributed by atoms with van der Waals surface area (Å²) in [6.45, 7) is 1.86. The van der Waals surface area contributed by atoms with Crippen molar-refractivity contribution < 1.29 is 9.59 Å². The molecular weight excluding hydrogens is 288 g/mol. The molecule has 1 aromatic rings. The van der Waals surface area contributed by atoms with E-state index in [-0.39, 0.29) is 5.91 Å². The van der Waals surface area contributed by atoms with E-state index in [9.17, 15) is 9.59 Å². The minimum Gasteiger partial charge on any atom is -0.345 e. The molecule has 2 atom stereocenters. The summed E-state index contributed by atoms with van der Waals surface area (Å²) in [6, 6.07) is 8.14. The lowest BCUT2D eigenvalue weighted by molar-refractivity contribution is -0.125. The largest absolute Gasteiger partial charge is 0.345 e. The van der Waals surface area contributed by atoms with Crippen molar-refractivity contribution in [2.75, 3.05) is 0 Å². The number of nitrogens with one attached hydrogen (secondary N) is 1. The van der Waals surface area contributed by atoms with E-state index in [0.29, 0.717) is 19.1 Å². The van der Waals surface area contributed by atoms with Gasteiger partial charge in [-0.2, -0.15) is 0 Å². The van der Waals surface area contributed by atoms with E-state index < -0.39 is 12.1 Å². The molecule has 0 saturated heterocycles. The standard InChI is InChI=1S/C19H22N2O2/c1-3-8-15(9-4-2)12-17(14-22)21-19(23)18(20)13-16-10-6-5-7-11-16/h1,4-11,14,17-18H,12-13,20H2,2H3,(H,21,23)/b9-4-,15-8+/t17-,18-/m0/s1. The number of carbonyl (C=O) groups is 2. The molecule has 1 rings (SSSR count). The number of amides is 1. The third-order valence-corrected chi connectivity index (χ3v) is 3.23. The Kier molecular flexibility index (Phi) is 8.12. The third kappa shape index (κ3) is 6.77. The van der Waals surface area contributed by atoms with Gasteiger partial charge in [0, 0.05) is 6.42 Å². The van der Waals surface area contributed by atoms with E-state index in [1.54, 1.807) is 6.08 Å². The number of benzene rings is 1. The molecule has 3 N–H and O–H groups in total. The summed E-state index contributed by atoms with van der Waals surface area (Å²) >= 11 is 0. The van der Waals surface area contributed by atoms with E-state index in [0.717, 1.165) is 11.1 Å². The molecule has 0 radical (unpaired) electrons. The van der Waals surface area contributed by atoms with Gasteiger partial charge in [-0.3, -0.25) is 4.79 Å². The van der Waals surface area contributed by atoms with E-state index >= 15 is 0 Å². The Hall–Kier alpha value is -2.64. The molecule has 4 heteroatoms. The zero-order valence-corrected chi connectivity index (χ0v) is 13.2. The zero-order valence-electron chi connectivity index (χ0n) is 13.2. The molecule has 0 unspecified atom stereocenters. The first-order chi connectivity index (χ1) is 11.1. The molecular formula is C19H22N2O2. The highest BCUT2D eigenvalue weighted by atomic mass is 16.2. The van der Waals surface area contributed by atoms with E-state index in [1.165, 1.54) is 0 Å². The molecule has 0 fully saturated rings. The lowest BCUT2D eigenvalue weighted by Crippen LogP contribution is -2.47. The Morgan fingerprint density at radius 3 is 2.65 bits per heavy atom. The highest BCUT2D eigenvalue weighted by Crippen LogP contribution is 2.07. The molecule has 23 heavy (non-hydrogen) atoms. The highest BCUT2D eigenvalue weighted by molar-refractivity contribution is 5.84. The first kappa shape index (κ1) is 18.4. The Balaban J connectivity index is 2.64. The van der Waals surface area contributed by atoms with Gasteiger partial charge in [-0.05, 0) is 30.6 Å². The SMILES string of the molecule is C#C/C=C(\C=C/C)C[C@@H](C=O)NC(=O)[C@@H](N)Cc1ccccc1. The fraction of sp³-hybridized carbons (Fsp3) is 0.263. The highest BCUT2D eigenvalue weighted by Gasteiger charge is 2.18. The Labute approximate surface area is 137 Å². The van der Waals surface area contributed by atoms with Crippen LogP contribution in [-0.2, 0) is 16.0 Å². The van der Waals surface area contributed by atoms with Crippen molar-refractivity contribution in [1.29, 1.82) is 0 Å². The summed E-state index contributed by atoms with van der Waals surface area (Å²) in [6.07, 6.45) is 11.9. The molecule has 1 amide bonds. The third-order valence-electron chi connectivity index (χ3n) is 3.23. The van der Waals surface area contributed by atoms with Gasteiger partial charge < -0.3 is 15.8 Å². The van der Waals surface area contributed by atoms with Crippen LogP contribution in [0, 0.1) is 12.3 Å². The average molecular weight is 310 g/mol. The summed E-state index contributed by atoms with van der Waals surface area (Å²) in [4.78, 5) is 23.3. The van der Waals surface area contributed by atoms with Crippen molar-refractivity contribution in [2.24, 2.45) is 5.73 Å². The van der Waals surface area contributed by atoms with Gasteiger partial charge in [0.1, 0.15) is 6.29 Å². The molecule has 0 bridgehead atoms. The number of rotatable bonds is 8. The first-order valence-corrected chi connectivity index (χ1v) is 7.43. The number of allylic oxidation sites excluding steroid dienone is 3. The molecule has 4 nitrogen and oxygen atoms in total.